The first-order valence-corrected chi connectivity index (χ1v) is 6.59. The van der Waals surface area contributed by atoms with Crippen molar-refractivity contribution in [3.8, 4) is 0 Å². The minimum atomic E-state index is -0.500. The molecule has 4 heteroatoms. The van der Waals surface area contributed by atoms with Crippen LogP contribution in [0.1, 0.15) is 53.9 Å². The number of Topliss-reactive ketones (excluding diaryl/α,β-unsaturated/α-hetero) is 1. The first kappa shape index (κ1) is 15.0. The highest BCUT2D eigenvalue weighted by Crippen LogP contribution is 2.36. The average molecular weight is 255 g/mol. The molecule has 1 aliphatic carbocycles. The molecule has 0 aromatic carbocycles. The summed E-state index contributed by atoms with van der Waals surface area (Å²) in [4.78, 5) is 23.3. The molecular formula is C14H25NO3. The number of nitrogens with one attached hydrogen (secondary N) is 1. The normalized spacial score (nSPS) is 23.6. The van der Waals surface area contributed by atoms with Crippen LogP contribution in [0.15, 0.2) is 0 Å². The molecule has 0 spiro atoms. The molecule has 0 bridgehead atoms. The van der Waals surface area contributed by atoms with Gasteiger partial charge in [-0.25, -0.2) is 4.79 Å². The van der Waals surface area contributed by atoms with Crippen molar-refractivity contribution >= 4 is 11.9 Å². The number of hydrogen-bond donors (Lipinski definition) is 1. The molecule has 0 heterocycles. The van der Waals surface area contributed by atoms with Crippen LogP contribution in [0.4, 0.5) is 4.79 Å². The quantitative estimate of drug-likeness (QED) is 0.825. The number of ketones is 1. The Bertz CT molecular complexity index is 328. The zero-order valence-corrected chi connectivity index (χ0v) is 12.1. The van der Waals surface area contributed by atoms with Gasteiger partial charge in [0.05, 0.1) is 0 Å². The Morgan fingerprint density at radius 3 is 2.61 bits per heavy atom. The number of carbonyl (C=O) groups excluding carboxylic acids is 2. The number of alkyl carbamates (subject to hydrolysis) is 1. The van der Waals surface area contributed by atoms with Gasteiger partial charge < -0.3 is 10.1 Å². The molecule has 1 aliphatic rings. The van der Waals surface area contributed by atoms with Gasteiger partial charge in [0, 0.05) is 18.9 Å². The largest absolute Gasteiger partial charge is 0.444 e. The summed E-state index contributed by atoms with van der Waals surface area (Å²) in [6, 6.07) is 0. The predicted octanol–water partition coefficient (Wildman–Crippen LogP) is 2.91. The number of carbonyl (C=O) groups is 2. The summed E-state index contributed by atoms with van der Waals surface area (Å²) >= 11 is 0. The smallest absolute Gasteiger partial charge is 0.407 e. The fourth-order valence-electron chi connectivity index (χ4n) is 2.26. The Morgan fingerprint density at radius 1 is 1.44 bits per heavy atom. The molecular weight excluding hydrogens is 230 g/mol. The van der Waals surface area contributed by atoms with Gasteiger partial charge >= 0.3 is 6.09 Å². The molecule has 0 aliphatic heterocycles. The fraction of sp³-hybridized carbons (Fsp3) is 0.857. The minimum absolute atomic E-state index is 0.0683. The van der Waals surface area contributed by atoms with Crippen LogP contribution >= 0.6 is 0 Å². The molecule has 104 valence electrons. The van der Waals surface area contributed by atoms with Gasteiger partial charge in [-0.3, -0.25) is 4.79 Å². The molecule has 0 aromatic heterocycles. The standard InChI is InChI=1S/C14H25NO3/c1-13(2,3)18-12(17)15-9-10-8-14(4,5)7-6-11(10)16/h10H,6-9H2,1-5H3,(H,15,17)/t10-/m1/s1. The van der Waals surface area contributed by atoms with Crippen molar-refractivity contribution in [1.82, 2.24) is 5.32 Å². The monoisotopic (exact) mass is 255 g/mol. The molecule has 1 fully saturated rings. The van der Waals surface area contributed by atoms with Crippen molar-refractivity contribution in [2.45, 2.75) is 59.5 Å². The molecule has 1 N–H and O–H groups in total. The molecule has 4 nitrogen and oxygen atoms in total. The molecule has 0 radical (unpaired) electrons. The molecule has 1 saturated carbocycles. The Labute approximate surface area is 109 Å². The summed E-state index contributed by atoms with van der Waals surface area (Å²) in [6.45, 7) is 10.2. The van der Waals surface area contributed by atoms with Gasteiger partial charge in [0.25, 0.3) is 0 Å². The van der Waals surface area contributed by atoms with E-state index >= 15 is 0 Å². The highest BCUT2D eigenvalue weighted by molar-refractivity contribution is 5.82. The van der Waals surface area contributed by atoms with Gasteiger partial charge in [0.2, 0.25) is 0 Å². The Balaban J connectivity index is 2.42. The maximum Gasteiger partial charge on any atom is 0.407 e. The summed E-state index contributed by atoms with van der Waals surface area (Å²) in [6.07, 6.45) is 1.95. The van der Waals surface area contributed by atoms with E-state index in [1.807, 2.05) is 20.8 Å². The molecule has 1 rings (SSSR count). The lowest BCUT2D eigenvalue weighted by atomic mass is 9.71. The van der Waals surface area contributed by atoms with Gasteiger partial charge in [-0.15, -0.1) is 0 Å². The van der Waals surface area contributed by atoms with Crippen LogP contribution in [-0.4, -0.2) is 24.0 Å². The van der Waals surface area contributed by atoms with Crippen LogP contribution in [0.3, 0.4) is 0 Å². The first-order valence-electron chi connectivity index (χ1n) is 6.59. The minimum Gasteiger partial charge on any atom is -0.444 e. The number of rotatable bonds is 2. The van der Waals surface area contributed by atoms with Crippen molar-refractivity contribution in [1.29, 1.82) is 0 Å². The summed E-state index contributed by atoms with van der Waals surface area (Å²) in [5.74, 6) is 0.187. The topological polar surface area (TPSA) is 55.4 Å². The molecule has 0 aromatic rings. The maximum atomic E-state index is 11.8. The zero-order valence-electron chi connectivity index (χ0n) is 12.1. The summed E-state index contributed by atoms with van der Waals surface area (Å²) < 4.78 is 5.15. The third-order valence-corrected chi connectivity index (χ3v) is 3.19. The number of hydrogen-bond acceptors (Lipinski definition) is 3. The number of ether oxygens (including phenoxy) is 1. The van der Waals surface area contributed by atoms with Gasteiger partial charge in [0.15, 0.2) is 0 Å². The highest BCUT2D eigenvalue weighted by Gasteiger charge is 2.33. The second kappa shape index (κ2) is 5.29. The molecule has 1 atom stereocenters. The van der Waals surface area contributed by atoms with Gasteiger partial charge in [-0.1, -0.05) is 13.8 Å². The van der Waals surface area contributed by atoms with Crippen LogP contribution in [0.5, 0.6) is 0 Å². The lowest BCUT2D eigenvalue weighted by molar-refractivity contribution is -0.126. The van der Waals surface area contributed by atoms with E-state index < -0.39 is 11.7 Å². The average Bonchev–Trinajstić information content (AvgIpc) is 2.17. The second-order valence-corrected chi connectivity index (χ2v) is 6.91. The summed E-state index contributed by atoms with van der Waals surface area (Å²) in [7, 11) is 0. The SMILES string of the molecule is CC1(C)CCC(=O)[C@@H](CNC(=O)OC(C)(C)C)C1. The van der Waals surface area contributed by atoms with Crippen molar-refractivity contribution < 1.29 is 14.3 Å². The fourth-order valence-corrected chi connectivity index (χ4v) is 2.26. The highest BCUT2D eigenvalue weighted by atomic mass is 16.6. The lowest BCUT2D eigenvalue weighted by Crippen LogP contribution is -2.40. The third kappa shape index (κ3) is 5.07. The molecule has 1 amide bonds. The van der Waals surface area contributed by atoms with Crippen LogP contribution in [-0.2, 0) is 9.53 Å². The van der Waals surface area contributed by atoms with Crippen molar-refractivity contribution in [3.63, 3.8) is 0 Å². The zero-order chi connectivity index (χ0) is 14.0. The van der Waals surface area contributed by atoms with Gasteiger partial charge in [-0.05, 0) is 39.0 Å². The second-order valence-electron chi connectivity index (χ2n) is 6.91. The van der Waals surface area contributed by atoms with Crippen molar-refractivity contribution in [3.05, 3.63) is 0 Å². The Hall–Kier alpha value is -1.06. The number of amides is 1. The Kier molecular flexibility index (Phi) is 4.41. The van der Waals surface area contributed by atoms with E-state index in [1.165, 1.54) is 0 Å². The third-order valence-electron chi connectivity index (χ3n) is 3.19. The van der Waals surface area contributed by atoms with Crippen LogP contribution in [0.25, 0.3) is 0 Å². The van der Waals surface area contributed by atoms with Crippen LogP contribution < -0.4 is 5.32 Å². The molecule has 0 saturated heterocycles. The van der Waals surface area contributed by atoms with E-state index in [4.69, 9.17) is 4.74 Å². The lowest BCUT2D eigenvalue weighted by Gasteiger charge is -2.34. The summed E-state index contributed by atoms with van der Waals surface area (Å²) in [5, 5.41) is 2.70. The van der Waals surface area contributed by atoms with E-state index in [-0.39, 0.29) is 17.1 Å². The van der Waals surface area contributed by atoms with Crippen molar-refractivity contribution in [2.24, 2.45) is 11.3 Å². The van der Waals surface area contributed by atoms with E-state index in [0.717, 1.165) is 12.8 Å². The van der Waals surface area contributed by atoms with Gasteiger partial charge in [-0.2, -0.15) is 0 Å². The van der Waals surface area contributed by atoms with E-state index in [2.05, 4.69) is 19.2 Å². The summed E-state index contributed by atoms with van der Waals surface area (Å²) in [5.41, 5.74) is -0.311. The van der Waals surface area contributed by atoms with E-state index in [0.29, 0.717) is 13.0 Å². The van der Waals surface area contributed by atoms with Gasteiger partial charge in [0.1, 0.15) is 11.4 Å². The van der Waals surface area contributed by atoms with Crippen LogP contribution in [0, 0.1) is 11.3 Å². The first-order chi connectivity index (χ1) is 8.09. The predicted molar refractivity (Wildman–Crippen MR) is 70.4 cm³/mol. The van der Waals surface area contributed by atoms with E-state index in [1.54, 1.807) is 0 Å². The Morgan fingerprint density at radius 2 is 2.06 bits per heavy atom. The van der Waals surface area contributed by atoms with Crippen LogP contribution in [0.2, 0.25) is 0 Å². The van der Waals surface area contributed by atoms with Crippen molar-refractivity contribution in [2.75, 3.05) is 6.54 Å². The van der Waals surface area contributed by atoms with E-state index in [9.17, 15) is 9.59 Å². The molecule has 0 unspecified atom stereocenters. The maximum absolute atomic E-state index is 11.8. The molecule has 18 heavy (non-hydrogen) atoms.